The zero-order chi connectivity index (χ0) is 14.9. The lowest BCUT2D eigenvalue weighted by Gasteiger charge is -2.23. The van der Waals surface area contributed by atoms with E-state index in [9.17, 15) is 0 Å². The summed E-state index contributed by atoms with van der Waals surface area (Å²) in [6.45, 7) is 6.99. The molecule has 2 rings (SSSR count). The van der Waals surface area contributed by atoms with E-state index in [1.807, 2.05) is 0 Å². The molecule has 1 aliphatic heterocycles. The van der Waals surface area contributed by atoms with E-state index in [2.05, 4.69) is 22.5 Å². The highest BCUT2D eigenvalue weighted by molar-refractivity contribution is 5.80. The first-order valence-corrected chi connectivity index (χ1v) is 8.61. The molecule has 0 aromatic heterocycles. The molecule has 1 atom stereocenters. The van der Waals surface area contributed by atoms with Crippen molar-refractivity contribution in [2.24, 2.45) is 4.99 Å². The number of methoxy groups -OCH3 is 1. The lowest BCUT2D eigenvalue weighted by molar-refractivity contribution is 0.142. The molecule has 1 saturated carbocycles. The first-order valence-electron chi connectivity index (χ1n) is 8.61. The molecule has 2 N–H and O–H groups in total. The maximum atomic E-state index is 5.20. The maximum Gasteiger partial charge on any atom is 0.191 e. The van der Waals surface area contributed by atoms with E-state index >= 15 is 0 Å². The number of hydrogen-bond acceptors (Lipinski definition) is 3. The van der Waals surface area contributed by atoms with Gasteiger partial charge in [0, 0.05) is 32.3 Å². The second kappa shape index (κ2) is 9.26. The second-order valence-electron chi connectivity index (χ2n) is 6.17. The van der Waals surface area contributed by atoms with Crippen molar-refractivity contribution < 1.29 is 4.74 Å². The highest BCUT2D eigenvalue weighted by Crippen LogP contribution is 2.18. The molecule has 0 spiro atoms. The largest absolute Gasteiger partial charge is 0.383 e. The molecule has 1 heterocycles. The fourth-order valence-corrected chi connectivity index (χ4v) is 3.39. The zero-order valence-corrected chi connectivity index (χ0v) is 13.7. The van der Waals surface area contributed by atoms with E-state index in [4.69, 9.17) is 9.73 Å². The number of guanidine groups is 1. The van der Waals surface area contributed by atoms with Crippen LogP contribution >= 0.6 is 0 Å². The molecule has 2 fully saturated rings. The number of rotatable bonds is 7. The number of nitrogens with zero attached hydrogens (tertiary/aromatic N) is 2. The molecular weight excluding hydrogens is 264 g/mol. The normalized spacial score (nSPS) is 24.7. The van der Waals surface area contributed by atoms with Gasteiger partial charge in [-0.3, -0.25) is 9.89 Å². The molecule has 0 bridgehead atoms. The van der Waals surface area contributed by atoms with Gasteiger partial charge in [0.1, 0.15) is 0 Å². The van der Waals surface area contributed by atoms with Crippen molar-refractivity contribution in [1.29, 1.82) is 0 Å². The van der Waals surface area contributed by atoms with Crippen molar-refractivity contribution in [2.45, 2.75) is 57.5 Å². The lowest BCUT2D eigenvalue weighted by atomic mass is 10.2. The van der Waals surface area contributed by atoms with Gasteiger partial charge in [-0.25, -0.2) is 0 Å². The van der Waals surface area contributed by atoms with Crippen LogP contribution in [0.4, 0.5) is 0 Å². The van der Waals surface area contributed by atoms with E-state index in [1.54, 1.807) is 7.11 Å². The molecule has 0 radical (unpaired) electrons. The van der Waals surface area contributed by atoms with Crippen LogP contribution in [0, 0.1) is 0 Å². The Morgan fingerprint density at radius 2 is 2.05 bits per heavy atom. The molecule has 21 heavy (non-hydrogen) atoms. The third kappa shape index (κ3) is 5.47. The van der Waals surface area contributed by atoms with Gasteiger partial charge >= 0.3 is 0 Å². The third-order valence-corrected chi connectivity index (χ3v) is 4.58. The van der Waals surface area contributed by atoms with Gasteiger partial charge in [0.15, 0.2) is 5.96 Å². The molecule has 0 amide bonds. The Kier molecular flexibility index (Phi) is 7.30. The van der Waals surface area contributed by atoms with Crippen LogP contribution in [0.25, 0.3) is 0 Å². The summed E-state index contributed by atoms with van der Waals surface area (Å²) < 4.78 is 5.20. The molecule has 0 aromatic rings. The monoisotopic (exact) mass is 296 g/mol. The van der Waals surface area contributed by atoms with Crippen molar-refractivity contribution in [1.82, 2.24) is 15.5 Å². The van der Waals surface area contributed by atoms with E-state index in [1.165, 1.54) is 45.1 Å². The Labute approximate surface area is 129 Å². The molecule has 122 valence electrons. The quantitative estimate of drug-likeness (QED) is 0.553. The summed E-state index contributed by atoms with van der Waals surface area (Å²) in [6, 6.07) is 1.20. The molecule has 5 nitrogen and oxygen atoms in total. The SMILES string of the molecule is CCNC(=NCC1CCCN1CCOC)NC1CCCC1. The summed E-state index contributed by atoms with van der Waals surface area (Å²) in [5.41, 5.74) is 0. The first-order chi connectivity index (χ1) is 10.3. The summed E-state index contributed by atoms with van der Waals surface area (Å²) >= 11 is 0. The summed E-state index contributed by atoms with van der Waals surface area (Å²) in [7, 11) is 1.78. The van der Waals surface area contributed by atoms with Crippen LogP contribution < -0.4 is 10.6 Å². The van der Waals surface area contributed by atoms with Gasteiger partial charge < -0.3 is 15.4 Å². The highest BCUT2D eigenvalue weighted by Gasteiger charge is 2.24. The standard InChI is InChI=1S/C16H32N4O/c1-3-17-16(19-14-7-4-5-8-14)18-13-15-9-6-10-20(15)11-12-21-2/h14-15H,3-13H2,1-2H3,(H2,17,18,19). The van der Waals surface area contributed by atoms with Crippen molar-refractivity contribution >= 4 is 5.96 Å². The number of hydrogen-bond donors (Lipinski definition) is 2. The third-order valence-electron chi connectivity index (χ3n) is 4.58. The Morgan fingerprint density at radius 3 is 2.76 bits per heavy atom. The van der Waals surface area contributed by atoms with Crippen LogP contribution in [0.15, 0.2) is 4.99 Å². The van der Waals surface area contributed by atoms with Gasteiger partial charge in [0.2, 0.25) is 0 Å². The minimum absolute atomic E-state index is 0.583. The van der Waals surface area contributed by atoms with Gasteiger partial charge in [-0.1, -0.05) is 12.8 Å². The Hall–Kier alpha value is -0.810. The van der Waals surface area contributed by atoms with Crippen LogP contribution in [0.2, 0.25) is 0 Å². The van der Waals surface area contributed by atoms with Gasteiger partial charge in [0.05, 0.1) is 13.2 Å². The summed E-state index contributed by atoms with van der Waals surface area (Å²) in [5, 5.41) is 6.98. The van der Waals surface area contributed by atoms with Gasteiger partial charge in [-0.15, -0.1) is 0 Å². The predicted molar refractivity (Wildman–Crippen MR) is 87.8 cm³/mol. The Balaban J connectivity index is 1.82. The molecule has 1 unspecified atom stereocenters. The molecular formula is C16H32N4O. The van der Waals surface area contributed by atoms with E-state index in [-0.39, 0.29) is 0 Å². The van der Waals surface area contributed by atoms with Gasteiger partial charge in [-0.05, 0) is 39.2 Å². The minimum Gasteiger partial charge on any atom is -0.383 e. The molecule has 2 aliphatic rings. The number of likely N-dealkylation sites (tertiary alicyclic amines) is 1. The molecule has 0 aromatic carbocycles. The lowest BCUT2D eigenvalue weighted by Crippen LogP contribution is -2.43. The van der Waals surface area contributed by atoms with Crippen molar-refractivity contribution in [2.75, 3.05) is 39.9 Å². The van der Waals surface area contributed by atoms with Crippen molar-refractivity contribution in [3.8, 4) is 0 Å². The van der Waals surface area contributed by atoms with Crippen molar-refractivity contribution in [3.63, 3.8) is 0 Å². The van der Waals surface area contributed by atoms with E-state index < -0.39 is 0 Å². The second-order valence-corrected chi connectivity index (χ2v) is 6.17. The fourth-order valence-electron chi connectivity index (χ4n) is 3.39. The zero-order valence-electron chi connectivity index (χ0n) is 13.7. The number of nitrogens with one attached hydrogen (secondary N) is 2. The van der Waals surface area contributed by atoms with E-state index in [0.29, 0.717) is 12.1 Å². The summed E-state index contributed by atoms with van der Waals surface area (Å²) in [5.74, 6) is 1.00. The molecule has 1 aliphatic carbocycles. The smallest absolute Gasteiger partial charge is 0.191 e. The van der Waals surface area contributed by atoms with Crippen LogP contribution in [0.5, 0.6) is 0 Å². The van der Waals surface area contributed by atoms with Gasteiger partial charge in [0.25, 0.3) is 0 Å². The molecule has 1 saturated heterocycles. The molecule has 5 heteroatoms. The van der Waals surface area contributed by atoms with Gasteiger partial charge in [-0.2, -0.15) is 0 Å². The fraction of sp³-hybridized carbons (Fsp3) is 0.938. The van der Waals surface area contributed by atoms with E-state index in [0.717, 1.165) is 32.2 Å². The summed E-state index contributed by atoms with van der Waals surface area (Å²) in [4.78, 5) is 7.35. The van der Waals surface area contributed by atoms with Crippen LogP contribution in [0.3, 0.4) is 0 Å². The predicted octanol–water partition coefficient (Wildman–Crippen LogP) is 1.59. The van der Waals surface area contributed by atoms with Crippen LogP contribution in [0.1, 0.15) is 45.4 Å². The average Bonchev–Trinajstić information content (AvgIpc) is 3.14. The highest BCUT2D eigenvalue weighted by atomic mass is 16.5. The Bertz CT molecular complexity index is 315. The van der Waals surface area contributed by atoms with Crippen LogP contribution in [-0.4, -0.2) is 62.8 Å². The average molecular weight is 296 g/mol. The Morgan fingerprint density at radius 1 is 1.24 bits per heavy atom. The minimum atomic E-state index is 0.583. The van der Waals surface area contributed by atoms with Crippen LogP contribution in [-0.2, 0) is 4.74 Å². The number of aliphatic imine (C=N–C) groups is 1. The maximum absolute atomic E-state index is 5.20. The van der Waals surface area contributed by atoms with Crippen molar-refractivity contribution in [3.05, 3.63) is 0 Å². The summed E-state index contributed by atoms with van der Waals surface area (Å²) in [6.07, 6.45) is 7.82. The first kappa shape index (κ1) is 16.6. The number of ether oxygens (including phenoxy) is 1. The topological polar surface area (TPSA) is 48.9 Å².